The number of pyridine rings is 1. The lowest BCUT2D eigenvalue weighted by Gasteiger charge is -2.00. The van der Waals surface area contributed by atoms with E-state index in [4.69, 9.17) is 11.2 Å². The van der Waals surface area contributed by atoms with Gasteiger partial charge in [-0.1, -0.05) is 5.92 Å². The highest BCUT2D eigenvalue weighted by molar-refractivity contribution is 5.34. The van der Waals surface area contributed by atoms with Crippen LogP contribution in [0.5, 0.6) is 5.75 Å². The van der Waals surface area contributed by atoms with Crippen LogP contribution in [0.1, 0.15) is 12.5 Å². The van der Waals surface area contributed by atoms with Gasteiger partial charge >= 0.3 is 0 Å². The topological polar surface area (TPSA) is 22.1 Å². The van der Waals surface area contributed by atoms with Gasteiger partial charge in [0.15, 0.2) is 0 Å². The molecule has 0 aromatic carbocycles. The van der Waals surface area contributed by atoms with E-state index < -0.39 is 0 Å². The van der Waals surface area contributed by atoms with Crippen LogP contribution in [-0.2, 0) is 0 Å². The van der Waals surface area contributed by atoms with Crippen molar-refractivity contribution in [1.29, 1.82) is 0 Å². The SMILES string of the molecule is C#Cc1cncc(OCC)c1. The van der Waals surface area contributed by atoms with Gasteiger partial charge in [0.25, 0.3) is 0 Å². The van der Waals surface area contributed by atoms with Crippen molar-refractivity contribution >= 4 is 0 Å². The number of nitrogens with zero attached hydrogens (tertiary/aromatic N) is 1. The molecule has 0 aliphatic heterocycles. The standard InChI is InChI=1S/C9H9NO/c1-3-8-5-9(11-4-2)7-10-6-8/h1,5-7H,4H2,2H3. The second-order valence-electron chi connectivity index (χ2n) is 1.99. The smallest absolute Gasteiger partial charge is 0.138 e. The molecule has 0 amide bonds. The number of hydrogen-bond acceptors (Lipinski definition) is 2. The third kappa shape index (κ3) is 1.98. The predicted octanol–water partition coefficient (Wildman–Crippen LogP) is 1.46. The Kier molecular flexibility index (Phi) is 2.51. The third-order valence-electron chi connectivity index (χ3n) is 1.19. The summed E-state index contributed by atoms with van der Waals surface area (Å²) in [4.78, 5) is 3.91. The molecule has 11 heavy (non-hydrogen) atoms. The molecule has 1 aromatic rings. The lowest BCUT2D eigenvalue weighted by atomic mass is 10.3. The van der Waals surface area contributed by atoms with Crippen molar-refractivity contribution in [2.75, 3.05) is 6.61 Å². The van der Waals surface area contributed by atoms with Crippen molar-refractivity contribution in [2.24, 2.45) is 0 Å². The fraction of sp³-hybridized carbons (Fsp3) is 0.222. The Labute approximate surface area is 66.2 Å². The van der Waals surface area contributed by atoms with Crippen molar-refractivity contribution in [3.05, 3.63) is 24.0 Å². The minimum absolute atomic E-state index is 0.635. The first kappa shape index (κ1) is 7.62. The highest BCUT2D eigenvalue weighted by atomic mass is 16.5. The second-order valence-corrected chi connectivity index (χ2v) is 1.99. The summed E-state index contributed by atoms with van der Waals surface area (Å²) in [7, 11) is 0. The van der Waals surface area contributed by atoms with Crippen LogP contribution < -0.4 is 4.74 Å². The molecule has 1 aromatic heterocycles. The Hall–Kier alpha value is -1.49. The molecule has 56 valence electrons. The van der Waals surface area contributed by atoms with Crippen molar-refractivity contribution in [3.8, 4) is 18.1 Å². The van der Waals surface area contributed by atoms with Crippen LogP contribution >= 0.6 is 0 Å². The zero-order valence-electron chi connectivity index (χ0n) is 6.37. The molecule has 0 fully saturated rings. The maximum atomic E-state index is 5.19. The molecule has 0 bridgehead atoms. The minimum atomic E-state index is 0.635. The zero-order chi connectivity index (χ0) is 8.10. The molecule has 0 aliphatic carbocycles. The van der Waals surface area contributed by atoms with Crippen LogP contribution in [0.4, 0.5) is 0 Å². The van der Waals surface area contributed by atoms with E-state index in [1.165, 1.54) is 0 Å². The number of terminal acetylenes is 1. The van der Waals surface area contributed by atoms with Crippen LogP contribution in [0.25, 0.3) is 0 Å². The molecule has 0 aliphatic rings. The monoisotopic (exact) mass is 147 g/mol. The van der Waals surface area contributed by atoms with Gasteiger partial charge in [-0.05, 0) is 13.0 Å². The molecule has 0 unspecified atom stereocenters. The Balaban J connectivity index is 2.85. The first-order chi connectivity index (χ1) is 5.36. The molecular weight excluding hydrogens is 138 g/mol. The quantitative estimate of drug-likeness (QED) is 0.591. The van der Waals surface area contributed by atoms with Crippen molar-refractivity contribution in [2.45, 2.75) is 6.92 Å². The molecule has 0 saturated heterocycles. The predicted molar refractivity (Wildman–Crippen MR) is 43.3 cm³/mol. The lowest BCUT2D eigenvalue weighted by molar-refractivity contribution is 0.339. The van der Waals surface area contributed by atoms with E-state index in [0.717, 1.165) is 11.3 Å². The van der Waals surface area contributed by atoms with Gasteiger partial charge in [-0.3, -0.25) is 4.98 Å². The molecule has 0 N–H and O–H groups in total. The van der Waals surface area contributed by atoms with Gasteiger partial charge in [0.05, 0.1) is 12.8 Å². The Bertz CT molecular complexity index is 275. The van der Waals surface area contributed by atoms with E-state index >= 15 is 0 Å². The molecule has 1 rings (SSSR count). The van der Waals surface area contributed by atoms with Gasteiger partial charge in [-0.15, -0.1) is 6.42 Å². The average Bonchev–Trinajstić information content (AvgIpc) is 2.06. The maximum Gasteiger partial charge on any atom is 0.138 e. The summed E-state index contributed by atoms with van der Waals surface area (Å²) in [5.41, 5.74) is 0.746. The first-order valence-electron chi connectivity index (χ1n) is 3.41. The van der Waals surface area contributed by atoms with Crippen LogP contribution in [0.2, 0.25) is 0 Å². The fourth-order valence-corrected chi connectivity index (χ4v) is 0.743. The molecule has 2 nitrogen and oxygen atoms in total. The van der Waals surface area contributed by atoms with E-state index in [1.807, 2.05) is 6.92 Å². The molecule has 1 heterocycles. The van der Waals surface area contributed by atoms with E-state index in [0.29, 0.717) is 6.61 Å². The third-order valence-corrected chi connectivity index (χ3v) is 1.19. The Morgan fingerprint density at radius 1 is 1.64 bits per heavy atom. The van der Waals surface area contributed by atoms with Gasteiger partial charge < -0.3 is 4.74 Å². The van der Waals surface area contributed by atoms with E-state index in [9.17, 15) is 0 Å². The summed E-state index contributed by atoms with van der Waals surface area (Å²) in [6.45, 7) is 2.55. The average molecular weight is 147 g/mol. The summed E-state index contributed by atoms with van der Waals surface area (Å²) in [5, 5.41) is 0. The van der Waals surface area contributed by atoms with E-state index in [-0.39, 0.29) is 0 Å². The van der Waals surface area contributed by atoms with Crippen LogP contribution in [-0.4, -0.2) is 11.6 Å². The summed E-state index contributed by atoms with van der Waals surface area (Å²) in [5.74, 6) is 3.21. The Morgan fingerprint density at radius 2 is 2.45 bits per heavy atom. The highest BCUT2D eigenvalue weighted by Gasteiger charge is 1.92. The molecule has 2 heteroatoms. The number of aromatic nitrogens is 1. The Morgan fingerprint density at radius 3 is 3.09 bits per heavy atom. The highest BCUT2D eigenvalue weighted by Crippen LogP contribution is 2.09. The van der Waals surface area contributed by atoms with Crippen molar-refractivity contribution in [3.63, 3.8) is 0 Å². The molecular formula is C9H9NO. The summed E-state index contributed by atoms with van der Waals surface area (Å²) in [6, 6.07) is 1.79. The second kappa shape index (κ2) is 3.62. The van der Waals surface area contributed by atoms with Crippen molar-refractivity contribution in [1.82, 2.24) is 4.98 Å². The van der Waals surface area contributed by atoms with Crippen LogP contribution in [0.3, 0.4) is 0 Å². The maximum absolute atomic E-state index is 5.19. The lowest BCUT2D eigenvalue weighted by Crippen LogP contribution is -1.92. The zero-order valence-corrected chi connectivity index (χ0v) is 6.37. The number of rotatable bonds is 2. The van der Waals surface area contributed by atoms with Gasteiger partial charge in [-0.25, -0.2) is 0 Å². The van der Waals surface area contributed by atoms with E-state index in [2.05, 4.69) is 10.9 Å². The van der Waals surface area contributed by atoms with Crippen LogP contribution in [0, 0.1) is 12.3 Å². The van der Waals surface area contributed by atoms with Gasteiger partial charge in [-0.2, -0.15) is 0 Å². The summed E-state index contributed by atoms with van der Waals surface area (Å²) in [6.07, 6.45) is 8.44. The molecule has 0 radical (unpaired) electrons. The van der Waals surface area contributed by atoms with Gasteiger partial charge in [0.1, 0.15) is 5.75 Å². The van der Waals surface area contributed by atoms with E-state index in [1.54, 1.807) is 18.5 Å². The summed E-state index contributed by atoms with van der Waals surface area (Å²) < 4.78 is 5.19. The molecule has 0 saturated carbocycles. The molecule has 0 atom stereocenters. The first-order valence-corrected chi connectivity index (χ1v) is 3.41. The molecule has 0 spiro atoms. The fourth-order valence-electron chi connectivity index (χ4n) is 0.743. The summed E-state index contributed by atoms with van der Waals surface area (Å²) >= 11 is 0. The van der Waals surface area contributed by atoms with Gasteiger partial charge in [0, 0.05) is 11.8 Å². The van der Waals surface area contributed by atoms with Crippen LogP contribution in [0.15, 0.2) is 18.5 Å². The number of ether oxygens (including phenoxy) is 1. The minimum Gasteiger partial charge on any atom is -0.492 e. The van der Waals surface area contributed by atoms with Crippen molar-refractivity contribution < 1.29 is 4.74 Å². The number of hydrogen-bond donors (Lipinski definition) is 0. The largest absolute Gasteiger partial charge is 0.492 e. The normalized spacial score (nSPS) is 8.73. The van der Waals surface area contributed by atoms with Gasteiger partial charge in [0.2, 0.25) is 0 Å².